The van der Waals surface area contributed by atoms with Crippen LogP contribution in [-0.4, -0.2) is 49.1 Å². The highest BCUT2D eigenvalue weighted by molar-refractivity contribution is 7.89. The van der Waals surface area contributed by atoms with Crippen molar-refractivity contribution in [3.05, 3.63) is 0 Å². The van der Waals surface area contributed by atoms with Gasteiger partial charge in [-0.1, -0.05) is 0 Å². The zero-order chi connectivity index (χ0) is 13.1. The van der Waals surface area contributed by atoms with Gasteiger partial charge in [-0.15, -0.1) is 0 Å². The molecule has 1 saturated heterocycles. The molecule has 8 heteroatoms. The molecule has 7 nitrogen and oxygen atoms in total. The second kappa shape index (κ2) is 5.46. The Kier molecular flexibility index (Phi) is 4.47. The molecule has 3 N–H and O–H groups in total. The van der Waals surface area contributed by atoms with Gasteiger partial charge in [-0.25, -0.2) is 13.6 Å². The lowest BCUT2D eigenvalue weighted by Crippen LogP contribution is -2.43. The van der Waals surface area contributed by atoms with E-state index in [1.807, 2.05) is 0 Å². The van der Waals surface area contributed by atoms with Gasteiger partial charge in [0, 0.05) is 19.5 Å². The number of carbonyl (C=O) groups excluding carboxylic acids is 1. The van der Waals surface area contributed by atoms with Crippen molar-refractivity contribution in [3.63, 3.8) is 0 Å². The molecule has 98 valence electrons. The largest absolute Gasteiger partial charge is 0.481 e. The maximum Gasteiger partial charge on any atom is 0.308 e. The van der Waals surface area contributed by atoms with E-state index in [0.717, 1.165) is 0 Å². The minimum absolute atomic E-state index is 0.128. The van der Waals surface area contributed by atoms with E-state index < -0.39 is 21.9 Å². The van der Waals surface area contributed by atoms with E-state index in [1.165, 1.54) is 4.90 Å². The molecule has 1 heterocycles. The SMILES string of the molecule is NS(=O)(=O)CCCN1CC(C(=O)O)CCC1=O. The fourth-order valence-corrected chi connectivity index (χ4v) is 2.32. The van der Waals surface area contributed by atoms with Crippen LogP contribution in [0.15, 0.2) is 0 Å². The van der Waals surface area contributed by atoms with E-state index in [9.17, 15) is 18.0 Å². The average Bonchev–Trinajstić information content (AvgIpc) is 2.18. The van der Waals surface area contributed by atoms with Gasteiger partial charge in [0.1, 0.15) is 0 Å². The van der Waals surface area contributed by atoms with Crippen molar-refractivity contribution in [2.75, 3.05) is 18.8 Å². The topological polar surface area (TPSA) is 118 Å². The lowest BCUT2D eigenvalue weighted by molar-refractivity contribution is -0.147. The molecule has 1 rings (SSSR count). The first-order chi connectivity index (χ1) is 7.79. The Morgan fingerprint density at radius 1 is 1.53 bits per heavy atom. The monoisotopic (exact) mass is 264 g/mol. The van der Waals surface area contributed by atoms with Gasteiger partial charge in [-0.2, -0.15) is 0 Å². The van der Waals surface area contributed by atoms with Crippen LogP contribution in [0.3, 0.4) is 0 Å². The molecule has 0 spiro atoms. The number of piperidine rings is 1. The Labute approximate surface area is 99.6 Å². The van der Waals surface area contributed by atoms with Gasteiger partial charge >= 0.3 is 5.97 Å². The standard InChI is InChI=1S/C9H16N2O5S/c10-17(15,16)5-1-4-11-6-7(9(13)14)2-3-8(11)12/h7H,1-6H2,(H,13,14)(H2,10,15,16). The van der Waals surface area contributed by atoms with Crippen molar-refractivity contribution in [1.82, 2.24) is 4.90 Å². The molecule has 1 fully saturated rings. The number of carboxylic acid groups (broad SMARTS) is 1. The minimum Gasteiger partial charge on any atom is -0.481 e. The molecule has 0 saturated carbocycles. The third kappa shape index (κ3) is 4.70. The van der Waals surface area contributed by atoms with Gasteiger partial charge in [-0.3, -0.25) is 9.59 Å². The third-order valence-corrected chi connectivity index (χ3v) is 3.56. The molecular formula is C9H16N2O5S. The van der Waals surface area contributed by atoms with Crippen molar-refractivity contribution in [2.24, 2.45) is 11.1 Å². The number of likely N-dealkylation sites (tertiary alicyclic amines) is 1. The zero-order valence-electron chi connectivity index (χ0n) is 9.33. The fourth-order valence-electron chi connectivity index (χ4n) is 1.79. The van der Waals surface area contributed by atoms with Crippen LogP contribution in [0.2, 0.25) is 0 Å². The number of aliphatic carboxylic acids is 1. The van der Waals surface area contributed by atoms with Crippen LogP contribution in [0.4, 0.5) is 0 Å². The summed E-state index contributed by atoms with van der Waals surface area (Å²) in [7, 11) is -3.53. The maximum absolute atomic E-state index is 11.5. The third-order valence-electron chi connectivity index (χ3n) is 2.71. The van der Waals surface area contributed by atoms with Crippen molar-refractivity contribution < 1.29 is 23.1 Å². The molecular weight excluding hydrogens is 248 g/mol. The van der Waals surface area contributed by atoms with Crippen molar-refractivity contribution in [1.29, 1.82) is 0 Å². The number of hydrogen-bond acceptors (Lipinski definition) is 4. The number of amides is 1. The van der Waals surface area contributed by atoms with Gasteiger partial charge in [0.05, 0.1) is 11.7 Å². The summed E-state index contributed by atoms with van der Waals surface area (Å²) in [6.07, 6.45) is 0.781. The molecule has 1 aliphatic rings. The van der Waals surface area contributed by atoms with E-state index in [4.69, 9.17) is 10.2 Å². The molecule has 0 aliphatic carbocycles. The van der Waals surface area contributed by atoms with Crippen molar-refractivity contribution in [2.45, 2.75) is 19.3 Å². The highest BCUT2D eigenvalue weighted by atomic mass is 32.2. The van der Waals surface area contributed by atoms with Crippen molar-refractivity contribution >= 4 is 21.9 Å². The van der Waals surface area contributed by atoms with E-state index in [0.29, 0.717) is 6.42 Å². The van der Waals surface area contributed by atoms with E-state index in [1.54, 1.807) is 0 Å². The fraction of sp³-hybridized carbons (Fsp3) is 0.778. The molecule has 0 radical (unpaired) electrons. The Morgan fingerprint density at radius 2 is 2.18 bits per heavy atom. The smallest absolute Gasteiger partial charge is 0.308 e. The predicted octanol–water partition coefficient (Wildman–Crippen LogP) is -1.01. The summed E-state index contributed by atoms with van der Waals surface area (Å²) in [5, 5.41) is 13.7. The summed E-state index contributed by atoms with van der Waals surface area (Å²) in [6.45, 7) is 0.387. The summed E-state index contributed by atoms with van der Waals surface area (Å²) >= 11 is 0. The lowest BCUT2D eigenvalue weighted by Gasteiger charge is -2.30. The Morgan fingerprint density at radius 3 is 2.71 bits per heavy atom. The molecule has 1 aliphatic heterocycles. The van der Waals surface area contributed by atoms with Gasteiger partial charge in [-0.05, 0) is 12.8 Å². The number of carbonyl (C=O) groups is 2. The summed E-state index contributed by atoms with van der Waals surface area (Å²) in [5.41, 5.74) is 0. The second-order valence-electron chi connectivity index (χ2n) is 4.13. The number of nitrogens with two attached hydrogens (primary N) is 1. The Hall–Kier alpha value is -1.15. The number of rotatable bonds is 5. The first kappa shape index (κ1) is 13.9. The average molecular weight is 264 g/mol. The molecule has 1 atom stereocenters. The quantitative estimate of drug-likeness (QED) is 0.659. The Bertz CT molecular complexity index is 406. The van der Waals surface area contributed by atoms with Crippen LogP contribution in [0.5, 0.6) is 0 Å². The van der Waals surface area contributed by atoms with Crippen LogP contribution < -0.4 is 5.14 Å². The molecule has 1 amide bonds. The summed E-state index contributed by atoms with van der Waals surface area (Å²) in [5.74, 6) is -1.80. The van der Waals surface area contributed by atoms with E-state index in [-0.39, 0.29) is 37.6 Å². The number of nitrogens with zero attached hydrogens (tertiary/aromatic N) is 1. The maximum atomic E-state index is 11.5. The number of hydrogen-bond donors (Lipinski definition) is 2. The number of carboxylic acids is 1. The molecule has 1 unspecified atom stereocenters. The van der Waals surface area contributed by atoms with Crippen LogP contribution in [0, 0.1) is 5.92 Å². The zero-order valence-corrected chi connectivity index (χ0v) is 10.1. The van der Waals surface area contributed by atoms with Crippen LogP contribution in [0.1, 0.15) is 19.3 Å². The van der Waals surface area contributed by atoms with Gasteiger partial charge in [0.2, 0.25) is 15.9 Å². The van der Waals surface area contributed by atoms with E-state index in [2.05, 4.69) is 0 Å². The normalized spacial score (nSPS) is 21.6. The summed E-state index contributed by atoms with van der Waals surface area (Å²) in [6, 6.07) is 0. The minimum atomic E-state index is -3.53. The van der Waals surface area contributed by atoms with Gasteiger partial charge in [0.15, 0.2) is 0 Å². The Balaban J connectivity index is 2.45. The summed E-state index contributed by atoms with van der Waals surface area (Å²) < 4.78 is 21.4. The predicted molar refractivity (Wildman–Crippen MR) is 59.5 cm³/mol. The van der Waals surface area contributed by atoms with Crippen LogP contribution >= 0.6 is 0 Å². The summed E-state index contributed by atoms with van der Waals surface area (Å²) in [4.78, 5) is 23.7. The van der Waals surface area contributed by atoms with Crippen molar-refractivity contribution in [3.8, 4) is 0 Å². The highest BCUT2D eigenvalue weighted by Gasteiger charge is 2.29. The number of sulfonamides is 1. The highest BCUT2D eigenvalue weighted by Crippen LogP contribution is 2.17. The van der Waals surface area contributed by atoms with Crippen LogP contribution in [0.25, 0.3) is 0 Å². The van der Waals surface area contributed by atoms with Gasteiger partial charge < -0.3 is 10.0 Å². The molecule has 0 bridgehead atoms. The lowest BCUT2D eigenvalue weighted by atomic mass is 9.98. The first-order valence-electron chi connectivity index (χ1n) is 5.30. The van der Waals surface area contributed by atoms with Gasteiger partial charge in [0.25, 0.3) is 0 Å². The van der Waals surface area contributed by atoms with E-state index >= 15 is 0 Å². The number of primary sulfonamides is 1. The first-order valence-corrected chi connectivity index (χ1v) is 7.02. The molecule has 0 aromatic heterocycles. The van der Waals surface area contributed by atoms with Crippen LogP contribution in [-0.2, 0) is 19.6 Å². The molecule has 0 aromatic carbocycles. The molecule has 17 heavy (non-hydrogen) atoms. The second-order valence-corrected chi connectivity index (χ2v) is 5.87. The molecule has 0 aromatic rings.